The smallest absolute Gasteiger partial charge is 0.168 e. The van der Waals surface area contributed by atoms with Gasteiger partial charge in [0, 0.05) is 6.20 Å². The molecule has 4 atom stereocenters. The molecule has 0 aromatic carbocycles. The lowest BCUT2D eigenvalue weighted by atomic mass is 9.96. The fraction of sp³-hybridized carbons (Fsp3) is 0.500. The van der Waals surface area contributed by atoms with Gasteiger partial charge in [-0.1, -0.05) is 0 Å². The molecule has 114 valence electrons. The number of nitrogens with one attached hydrogen (secondary N) is 1. The Kier molecular flexibility index (Phi) is 3.30. The van der Waals surface area contributed by atoms with E-state index in [9.17, 15) is 15.3 Å². The Morgan fingerprint density at radius 1 is 1.48 bits per heavy atom. The quantitative estimate of drug-likeness (QED) is 0.467. The van der Waals surface area contributed by atoms with Crippen LogP contribution in [0.2, 0.25) is 0 Å². The van der Waals surface area contributed by atoms with Crippen LogP contribution in [0.25, 0.3) is 11.2 Å². The van der Waals surface area contributed by atoms with E-state index in [2.05, 4.69) is 9.97 Å². The molecule has 0 amide bonds. The maximum atomic E-state index is 10.5. The van der Waals surface area contributed by atoms with E-state index in [0.717, 1.165) is 0 Å². The highest BCUT2D eigenvalue weighted by atomic mass is 16.6. The molecule has 2 aromatic rings. The lowest BCUT2D eigenvalue weighted by Gasteiger charge is -2.27. The van der Waals surface area contributed by atoms with E-state index in [-0.39, 0.29) is 0 Å². The molecular weight excluding hydrogens is 280 g/mol. The van der Waals surface area contributed by atoms with Gasteiger partial charge in [0.1, 0.15) is 23.3 Å². The van der Waals surface area contributed by atoms with Crippen LogP contribution in [0.15, 0.2) is 18.6 Å². The van der Waals surface area contributed by atoms with Gasteiger partial charge in [0.15, 0.2) is 11.9 Å². The van der Waals surface area contributed by atoms with Crippen LogP contribution in [0, 0.1) is 0 Å². The summed E-state index contributed by atoms with van der Waals surface area (Å²) in [5.41, 5.74) is 1.51. The van der Waals surface area contributed by atoms with Crippen LogP contribution < -0.4 is 5.48 Å². The standard InChI is InChI=1S/C12H16N4O5/c1-12(19)9(18)7(4-17)21-11(12)16-5-14-8-6(15-20)2-3-13-10(8)16/h2-3,5,7,9,11,17-20H,4H2,1H3,(H,13,15)/t7-,9-,11-,12-/m1/s1. The Morgan fingerprint density at radius 3 is 2.86 bits per heavy atom. The number of pyridine rings is 1. The van der Waals surface area contributed by atoms with Crippen molar-refractivity contribution in [2.45, 2.75) is 31.0 Å². The Labute approximate surface area is 119 Å². The Hall–Kier alpha value is -1.78. The second-order valence-electron chi connectivity index (χ2n) is 5.17. The van der Waals surface area contributed by atoms with E-state index < -0.39 is 30.6 Å². The predicted molar refractivity (Wildman–Crippen MR) is 70.6 cm³/mol. The minimum absolute atomic E-state index is 0.357. The number of rotatable bonds is 3. The first kappa shape index (κ1) is 14.2. The molecule has 21 heavy (non-hydrogen) atoms. The first-order valence-electron chi connectivity index (χ1n) is 6.39. The van der Waals surface area contributed by atoms with Gasteiger partial charge in [0.05, 0.1) is 18.6 Å². The van der Waals surface area contributed by atoms with Gasteiger partial charge in [0.25, 0.3) is 0 Å². The summed E-state index contributed by atoms with van der Waals surface area (Å²) < 4.78 is 6.97. The minimum atomic E-state index is -1.62. The summed E-state index contributed by atoms with van der Waals surface area (Å²) in [6.45, 7) is 0.995. The highest BCUT2D eigenvalue weighted by Gasteiger charge is 2.53. The van der Waals surface area contributed by atoms with Crippen molar-refractivity contribution in [3.05, 3.63) is 18.6 Å². The summed E-state index contributed by atoms with van der Waals surface area (Å²) in [6.07, 6.45) is -0.255. The molecule has 3 heterocycles. The molecule has 9 nitrogen and oxygen atoms in total. The molecule has 0 unspecified atom stereocenters. The molecule has 0 bridgehead atoms. The maximum absolute atomic E-state index is 10.5. The SMILES string of the molecule is C[C@@]1(O)[C@H](O)[C@@H](CO)O[C@H]1n1cnc2c(NO)ccnc21. The number of aliphatic hydroxyl groups is 3. The van der Waals surface area contributed by atoms with Crippen molar-refractivity contribution < 1.29 is 25.3 Å². The molecule has 1 saturated heterocycles. The second kappa shape index (κ2) is 4.90. The van der Waals surface area contributed by atoms with Crippen LogP contribution in [-0.4, -0.2) is 59.5 Å². The molecule has 0 aliphatic carbocycles. The molecule has 0 saturated carbocycles. The average Bonchev–Trinajstić information content (AvgIpc) is 2.99. The number of hydrogen-bond acceptors (Lipinski definition) is 8. The summed E-state index contributed by atoms with van der Waals surface area (Å²) in [4.78, 5) is 8.27. The lowest BCUT2D eigenvalue weighted by Crippen LogP contribution is -2.44. The zero-order valence-corrected chi connectivity index (χ0v) is 11.2. The molecule has 1 aliphatic heterocycles. The lowest BCUT2D eigenvalue weighted by molar-refractivity contribution is -0.0950. The van der Waals surface area contributed by atoms with Crippen LogP contribution in [0.1, 0.15) is 13.2 Å². The van der Waals surface area contributed by atoms with Gasteiger partial charge in [-0.25, -0.2) is 9.97 Å². The number of aliphatic hydroxyl groups excluding tert-OH is 2. The fourth-order valence-corrected chi connectivity index (χ4v) is 2.59. The van der Waals surface area contributed by atoms with Gasteiger partial charge in [-0.15, -0.1) is 0 Å². The predicted octanol–water partition coefficient (Wildman–Crippen LogP) is -0.766. The number of anilines is 1. The number of fused-ring (bicyclic) bond motifs is 1. The van der Waals surface area contributed by atoms with Crippen LogP contribution in [0.3, 0.4) is 0 Å². The first-order valence-corrected chi connectivity index (χ1v) is 6.39. The normalized spacial score (nSPS) is 32.7. The van der Waals surface area contributed by atoms with E-state index in [0.29, 0.717) is 16.9 Å². The van der Waals surface area contributed by atoms with Gasteiger partial charge >= 0.3 is 0 Å². The van der Waals surface area contributed by atoms with Crippen molar-refractivity contribution in [1.82, 2.24) is 14.5 Å². The van der Waals surface area contributed by atoms with Crippen LogP contribution >= 0.6 is 0 Å². The Bertz CT molecular complexity index is 658. The summed E-state index contributed by atoms with van der Waals surface area (Å²) in [7, 11) is 0. The third-order valence-electron chi connectivity index (χ3n) is 3.77. The molecule has 5 N–H and O–H groups in total. The van der Waals surface area contributed by atoms with Gasteiger partial charge in [-0.05, 0) is 13.0 Å². The van der Waals surface area contributed by atoms with Crippen molar-refractivity contribution in [2.75, 3.05) is 12.1 Å². The topological polar surface area (TPSA) is 133 Å². The molecule has 9 heteroatoms. The fourth-order valence-electron chi connectivity index (χ4n) is 2.59. The largest absolute Gasteiger partial charge is 0.394 e. The van der Waals surface area contributed by atoms with Gasteiger partial charge in [0.2, 0.25) is 0 Å². The van der Waals surface area contributed by atoms with E-state index in [1.165, 1.54) is 24.0 Å². The second-order valence-corrected chi connectivity index (χ2v) is 5.17. The summed E-state index contributed by atoms with van der Waals surface area (Å²) >= 11 is 0. The number of ether oxygens (including phenoxy) is 1. The number of aromatic nitrogens is 3. The van der Waals surface area contributed by atoms with Crippen molar-refractivity contribution in [1.29, 1.82) is 0 Å². The van der Waals surface area contributed by atoms with Crippen LogP contribution in [0.5, 0.6) is 0 Å². The summed E-state index contributed by atoms with van der Waals surface area (Å²) in [5, 5.41) is 38.7. The van der Waals surface area contributed by atoms with Gasteiger partial charge in [-0.3, -0.25) is 15.3 Å². The minimum Gasteiger partial charge on any atom is -0.394 e. The third-order valence-corrected chi connectivity index (χ3v) is 3.77. The molecule has 1 fully saturated rings. The van der Waals surface area contributed by atoms with Crippen molar-refractivity contribution in [2.24, 2.45) is 0 Å². The maximum Gasteiger partial charge on any atom is 0.168 e. The average molecular weight is 296 g/mol. The zero-order chi connectivity index (χ0) is 15.2. The summed E-state index contributed by atoms with van der Waals surface area (Å²) in [6, 6.07) is 1.54. The molecule has 3 rings (SSSR count). The Morgan fingerprint density at radius 2 is 2.24 bits per heavy atom. The van der Waals surface area contributed by atoms with Crippen LogP contribution in [-0.2, 0) is 4.74 Å². The van der Waals surface area contributed by atoms with Crippen LogP contribution in [0.4, 0.5) is 5.69 Å². The number of hydrogen-bond donors (Lipinski definition) is 5. The summed E-state index contributed by atoms with van der Waals surface area (Å²) in [5.74, 6) is 0. The molecular formula is C12H16N4O5. The molecule has 1 aliphatic rings. The van der Waals surface area contributed by atoms with Crippen molar-refractivity contribution in [3.8, 4) is 0 Å². The molecule has 0 radical (unpaired) electrons. The number of imidazole rings is 1. The van der Waals surface area contributed by atoms with E-state index in [1.54, 1.807) is 6.07 Å². The van der Waals surface area contributed by atoms with Gasteiger partial charge in [-0.2, -0.15) is 0 Å². The highest BCUT2D eigenvalue weighted by molar-refractivity contribution is 5.84. The first-order chi connectivity index (χ1) is 10.0. The number of nitrogens with zero attached hydrogens (tertiary/aromatic N) is 3. The van der Waals surface area contributed by atoms with Crippen molar-refractivity contribution >= 4 is 16.9 Å². The monoisotopic (exact) mass is 296 g/mol. The van der Waals surface area contributed by atoms with Gasteiger partial charge < -0.3 is 20.1 Å². The van der Waals surface area contributed by atoms with E-state index in [4.69, 9.17) is 9.94 Å². The van der Waals surface area contributed by atoms with Crippen molar-refractivity contribution in [3.63, 3.8) is 0 Å². The molecule has 2 aromatic heterocycles. The third kappa shape index (κ3) is 1.98. The zero-order valence-electron chi connectivity index (χ0n) is 11.2. The highest BCUT2D eigenvalue weighted by Crippen LogP contribution is 2.39. The van der Waals surface area contributed by atoms with E-state index in [1.807, 2.05) is 5.48 Å². The van der Waals surface area contributed by atoms with E-state index >= 15 is 0 Å². The Balaban J connectivity index is 2.09. The molecule has 0 spiro atoms.